The second kappa shape index (κ2) is 6.63. The molecule has 6 heteroatoms. The Hall–Kier alpha value is -2.37. The summed E-state index contributed by atoms with van der Waals surface area (Å²) in [5.74, 6) is 1.58. The summed E-state index contributed by atoms with van der Waals surface area (Å²) in [6.45, 7) is 0. The molecular formula is C18H13ClN4S. The molecule has 2 aromatic carbocycles. The Morgan fingerprint density at radius 1 is 0.875 bits per heavy atom. The number of rotatable bonds is 4. The van der Waals surface area contributed by atoms with Crippen LogP contribution in [0, 0.1) is 0 Å². The van der Waals surface area contributed by atoms with Gasteiger partial charge in [-0.05, 0) is 29.8 Å². The highest BCUT2D eigenvalue weighted by molar-refractivity contribution is 7.98. The molecule has 2 heterocycles. The minimum Gasteiger partial charge on any atom is -0.192 e. The number of hydrogen-bond donors (Lipinski definition) is 0. The topological polar surface area (TPSA) is 43.1 Å². The van der Waals surface area contributed by atoms with Crippen molar-refractivity contribution in [2.24, 2.45) is 0 Å². The van der Waals surface area contributed by atoms with Crippen LogP contribution in [0.25, 0.3) is 17.0 Å². The van der Waals surface area contributed by atoms with Gasteiger partial charge in [-0.15, -0.1) is 10.2 Å². The van der Waals surface area contributed by atoms with Gasteiger partial charge in [-0.1, -0.05) is 65.8 Å². The zero-order valence-electron chi connectivity index (χ0n) is 12.6. The maximum atomic E-state index is 5.92. The lowest BCUT2D eigenvalue weighted by atomic mass is 10.2. The Kier molecular flexibility index (Phi) is 4.19. The average Bonchev–Trinajstić information content (AvgIpc) is 3.05. The van der Waals surface area contributed by atoms with Crippen molar-refractivity contribution in [3.63, 3.8) is 0 Å². The molecule has 0 amide bonds. The van der Waals surface area contributed by atoms with Gasteiger partial charge in [-0.3, -0.25) is 0 Å². The molecule has 0 radical (unpaired) electrons. The van der Waals surface area contributed by atoms with Gasteiger partial charge in [0.15, 0.2) is 11.5 Å². The van der Waals surface area contributed by atoms with Crippen molar-refractivity contribution in [2.75, 3.05) is 0 Å². The molecule has 0 fully saturated rings. The van der Waals surface area contributed by atoms with Crippen LogP contribution in [0.1, 0.15) is 5.56 Å². The Bertz CT molecular complexity index is 967. The molecule has 0 aliphatic rings. The third-order valence-electron chi connectivity index (χ3n) is 3.57. The third-order valence-corrected chi connectivity index (χ3v) is 4.81. The second-order valence-electron chi connectivity index (χ2n) is 5.25. The highest BCUT2D eigenvalue weighted by atomic mass is 35.5. The Morgan fingerprint density at radius 3 is 2.46 bits per heavy atom. The number of nitrogens with zero attached hydrogens (tertiary/aromatic N) is 4. The van der Waals surface area contributed by atoms with Gasteiger partial charge >= 0.3 is 0 Å². The smallest absolute Gasteiger partial charge is 0.185 e. The van der Waals surface area contributed by atoms with Crippen molar-refractivity contribution >= 4 is 29.0 Å². The zero-order chi connectivity index (χ0) is 16.4. The van der Waals surface area contributed by atoms with Crippen molar-refractivity contribution in [1.82, 2.24) is 19.8 Å². The Balaban J connectivity index is 1.61. The first-order valence-electron chi connectivity index (χ1n) is 7.45. The first kappa shape index (κ1) is 15.2. The second-order valence-corrected chi connectivity index (χ2v) is 6.68. The minimum absolute atomic E-state index is 0.740. The fourth-order valence-electron chi connectivity index (χ4n) is 2.35. The Labute approximate surface area is 148 Å². The van der Waals surface area contributed by atoms with Gasteiger partial charge in [0.1, 0.15) is 5.03 Å². The van der Waals surface area contributed by atoms with Crippen LogP contribution in [0.15, 0.2) is 71.8 Å². The monoisotopic (exact) mass is 352 g/mol. The average molecular weight is 353 g/mol. The van der Waals surface area contributed by atoms with Crippen LogP contribution in [0.2, 0.25) is 5.02 Å². The normalized spacial score (nSPS) is 11.0. The molecule has 0 N–H and O–H groups in total. The number of halogens is 1. The summed E-state index contributed by atoms with van der Waals surface area (Å²) in [6, 6.07) is 21.7. The first-order valence-corrected chi connectivity index (χ1v) is 8.81. The maximum Gasteiger partial charge on any atom is 0.185 e. The SMILES string of the molecule is Clc1ccc(CSc2ccc3nnc(-c4ccccc4)n3n2)cc1. The lowest BCUT2D eigenvalue weighted by Crippen LogP contribution is -1.96. The highest BCUT2D eigenvalue weighted by Gasteiger charge is 2.09. The number of hydrogen-bond acceptors (Lipinski definition) is 4. The van der Waals surface area contributed by atoms with Crippen molar-refractivity contribution in [1.29, 1.82) is 0 Å². The van der Waals surface area contributed by atoms with Crippen LogP contribution in [-0.2, 0) is 5.75 Å². The highest BCUT2D eigenvalue weighted by Crippen LogP contribution is 2.23. The van der Waals surface area contributed by atoms with E-state index >= 15 is 0 Å². The van der Waals surface area contributed by atoms with Crippen molar-refractivity contribution in [3.8, 4) is 11.4 Å². The molecule has 24 heavy (non-hydrogen) atoms. The van der Waals surface area contributed by atoms with E-state index in [1.54, 1.807) is 16.3 Å². The van der Waals surface area contributed by atoms with E-state index in [4.69, 9.17) is 11.6 Å². The lowest BCUT2D eigenvalue weighted by molar-refractivity contribution is 0.860. The van der Waals surface area contributed by atoms with E-state index < -0.39 is 0 Å². The molecule has 0 aliphatic carbocycles. The number of aromatic nitrogens is 4. The summed E-state index contributed by atoms with van der Waals surface area (Å²) >= 11 is 7.59. The van der Waals surface area contributed by atoms with E-state index in [-0.39, 0.29) is 0 Å². The van der Waals surface area contributed by atoms with Crippen LogP contribution in [0.4, 0.5) is 0 Å². The Morgan fingerprint density at radius 2 is 1.67 bits per heavy atom. The van der Waals surface area contributed by atoms with Crippen molar-refractivity contribution < 1.29 is 0 Å². The quantitative estimate of drug-likeness (QED) is 0.498. The fraction of sp³-hybridized carbons (Fsp3) is 0.0556. The predicted molar refractivity (Wildman–Crippen MR) is 97.2 cm³/mol. The van der Waals surface area contributed by atoms with Gasteiger partial charge in [0.25, 0.3) is 0 Å². The standard InChI is InChI=1S/C18H13ClN4S/c19-15-8-6-13(7-9-15)12-24-17-11-10-16-20-21-18(23(16)22-17)14-4-2-1-3-5-14/h1-11H,12H2. The summed E-state index contributed by atoms with van der Waals surface area (Å²) in [4.78, 5) is 0. The molecule has 4 nitrogen and oxygen atoms in total. The summed E-state index contributed by atoms with van der Waals surface area (Å²) in [6.07, 6.45) is 0. The van der Waals surface area contributed by atoms with Crippen LogP contribution in [0.3, 0.4) is 0 Å². The summed E-state index contributed by atoms with van der Waals surface area (Å²) in [5.41, 5.74) is 2.94. The third kappa shape index (κ3) is 3.13. The molecular weight excluding hydrogens is 340 g/mol. The molecule has 0 saturated carbocycles. The predicted octanol–water partition coefficient (Wildman–Crippen LogP) is 4.74. The van der Waals surface area contributed by atoms with Gasteiger partial charge in [0.2, 0.25) is 0 Å². The summed E-state index contributed by atoms with van der Waals surface area (Å²) in [5, 5.41) is 14.8. The van der Waals surface area contributed by atoms with Gasteiger partial charge in [-0.25, -0.2) is 0 Å². The molecule has 0 spiro atoms. The molecule has 4 aromatic rings. The van der Waals surface area contributed by atoms with Crippen LogP contribution in [0.5, 0.6) is 0 Å². The maximum absolute atomic E-state index is 5.92. The molecule has 0 bridgehead atoms. The molecule has 4 rings (SSSR count). The summed E-state index contributed by atoms with van der Waals surface area (Å²) in [7, 11) is 0. The lowest BCUT2D eigenvalue weighted by Gasteiger charge is -2.03. The number of fused-ring (bicyclic) bond motifs is 1. The molecule has 0 unspecified atom stereocenters. The molecule has 118 valence electrons. The van der Waals surface area contributed by atoms with Crippen molar-refractivity contribution in [3.05, 3.63) is 77.3 Å². The molecule has 0 aliphatic heterocycles. The first-order chi connectivity index (χ1) is 11.8. The van der Waals surface area contributed by atoms with E-state index in [2.05, 4.69) is 15.3 Å². The summed E-state index contributed by atoms with van der Waals surface area (Å²) < 4.78 is 1.79. The minimum atomic E-state index is 0.740. The molecule has 2 aromatic heterocycles. The van der Waals surface area contributed by atoms with Gasteiger partial charge in [0.05, 0.1) is 0 Å². The van der Waals surface area contributed by atoms with Crippen LogP contribution < -0.4 is 0 Å². The van der Waals surface area contributed by atoms with Gasteiger partial charge in [0, 0.05) is 16.3 Å². The van der Waals surface area contributed by atoms with Crippen LogP contribution >= 0.6 is 23.4 Å². The van der Waals surface area contributed by atoms with E-state index in [0.717, 1.165) is 32.8 Å². The number of thioether (sulfide) groups is 1. The van der Waals surface area contributed by atoms with E-state index in [0.29, 0.717) is 0 Å². The van der Waals surface area contributed by atoms with Gasteiger partial charge < -0.3 is 0 Å². The van der Waals surface area contributed by atoms with E-state index in [1.807, 2.05) is 66.7 Å². The van der Waals surface area contributed by atoms with Crippen LogP contribution in [-0.4, -0.2) is 19.8 Å². The van der Waals surface area contributed by atoms with Gasteiger partial charge in [-0.2, -0.15) is 9.61 Å². The van der Waals surface area contributed by atoms with Crippen molar-refractivity contribution in [2.45, 2.75) is 10.8 Å². The number of benzene rings is 2. The fourth-order valence-corrected chi connectivity index (χ4v) is 3.29. The zero-order valence-corrected chi connectivity index (χ0v) is 14.2. The molecule has 0 saturated heterocycles. The van der Waals surface area contributed by atoms with E-state index in [1.165, 1.54) is 5.56 Å². The van der Waals surface area contributed by atoms with E-state index in [9.17, 15) is 0 Å². The largest absolute Gasteiger partial charge is 0.192 e. The molecule has 0 atom stereocenters.